The van der Waals surface area contributed by atoms with Crippen LogP contribution in [0.3, 0.4) is 0 Å². The largest absolute Gasteiger partial charge is 0.472 e. The van der Waals surface area contributed by atoms with Gasteiger partial charge in [-0.15, -0.1) is 0 Å². The number of rotatable bonds is 43. The SMILES string of the molecule is CCCCCC/C=C\CCCCCCCC(=O)NC(COP(=O)(O)OCC[N+](C)(C)C)C(O)CCCCCCCCCCCCCCCCCCCCCC. The first-order valence-electron chi connectivity index (χ1n) is 23.6. The maximum Gasteiger partial charge on any atom is 0.472 e. The molecule has 0 aromatic heterocycles. The van der Waals surface area contributed by atoms with E-state index in [2.05, 4.69) is 31.3 Å². The third kappa shape index (κ3) is 41.2. The van der Waals surface area contributed by atoms with E-state index >= 15 is 0 Å². The van der Waals surface area contributed by atoms with Crippen molar-refractivity contribution in [1.82, 2.24) is 5.32 Å². The molecule has 3 N–H and O–H groups in total. The molecule has 0 radical (unpaired) electrons. The summed E-state index contributed by atoms with van der Waals surface area (Å²) in [4.78, 5) is 23.1. The molecule has 9 heteroatoms. The lowest BCUT2D eigenvalue weighted by Gasteiger charge is -2.26. The van der Waals surface area contributed by atoms with Gasteiger partial charge in [-0.25, -0.2) is 4.57 Å². The quantitative estimate of drug-likeness (QED) is 0.0245. The van der Waals surface area contributed by atoms with Gasteiger partial charge in [0.05, 0.1) is 39.9 Å². The zero-order valence-electron chi connectivity index (χ0n) is 37.2. The van der Waals surface area contributed by atoms with Crippen molar-refractivity contribution in [3.63, 3.8) is 0 Å². The molecule has 55 heavy (non-hydrogen) atoms. The van der Waals surface area contributed by atoms with Crippen molar-refractivity contribution in [2.24, 2.45) is 0 Å². The van der Waals surface area contributed by atoms with Crippen LogP contribution in [0.5, 0.6) is 0 Å². The highest BCUT2D eigenvalue weighted by atomic mass is 31.2. The van der Waals surface area contributed by atoms with E-state index in [0.29, 0.717) is 23.9 Å². The van der Waals surface area contributed by atoms with Crippen LogP contribution in [0, 0.1) is 0 Å². The summed E-state index contributed by atoms with van der Waals surface area (Å²) in [5.41, 5.74) is 0. The number of unbranched alkanes of at least 4 members (excludes halogenated alkanes) is 28. The standard InChI is InChI=1S/C46H93N2O6P/c1-6-8-10-12-14-16-18-20-21-22-23-24-25-26-28-29-31-33-35-37-39-45(49)44(43-54-55(51,52)53-42-41-48(3,4)5)47-46(50)40-38-36-34-32-30-27-19-17-15-13-11-9-7-2/h17,19,44-45,49H,6-16,18,20-43H2,1-5H3,(H-,47,50,51,52)/p+1/b19-17-. The normalized spacial score (nSPS) is 14.4. The van der Waals surface area contributed by atoms with Crippen LogP contribution < -0.4 is 5.32 Å². The number of aliphatic hydroxyl groups is 1. The van der Waals surface area contributed by atoms with E-state index in [9.17, 15) is 19.4 Å². The maximum atomic E-state index is 12.9. The summed E-state index contributed by atoms with van der Waals surface area (Å²) in [5, 5.41) is 14.0. The number of amides is 1. The number of hydrogen-bond acceptors (Lipinski definition) is 5. The maximum absolute atomic E-state index is 12.9. The Morgan fingerprint density at radius 2 is 0.982 bits per heavy atom. The van der Waals surface area contributed by atoms with Crippen LogP contribution in [0.25, 0.3) is 0 Å². The van der Waals surface area contributed by atoms with Gasteiger partial charge < -0.3 is 19.8 Å². The molecule has 8 nitrogen and oxygen atoms in total. The Hall–Kier alpha value is -0.760. The van der Waals surface area contributed by atoms with Gasteiger partial charge in [0.25, 0.3) is 0 Å². The average molecular weight is 802 g/mol. The summed E-state index contributed by atoms with van der Waals surface area (Å²) in [5.74, 6) is -0.152. The minimum absolute atomic E-state index is 0.0750. The molecule has 0 aromatic rings. The van der Waals surface area contributed by atoms with Crippen LogP contribution in [0.2, 0.25) is 0 Å². The summed E-state index contributed by atoms with van der Waals surface area (Å²) in [6, 6.07) is -0.760. The predicted octanol–water partition coefficient (Wildman–Crippen LogP) is 13.1. The molecule has 328 valence electrons. The molecule has 0 aliphatic heterocycles. The van der Waals surface area contributed by atoms with E-state index in [-0.39, 0.29) is 19.1 Å². The molecule has 0 rings (SSSR count). The summed E-state index contributed by atoms with van der Waals surface area (Å²) in [6.07, 6.45) is 43.8. The Kier molecular flexibility index (Phi) is 38.2. The minimum Gasteiger partial charge on any atom is -0.391 e. The molecule has 3 atom stereocenters. The Balaban J connectivity index is 4.28. The molecule has 0 fully saturated rings. The molecule has 0 saturated heterocycles. The fraction of sp³-hybridized carbons (Fsp3) is 0.935. The second kappa shape index (κ2) is 38.7. The Morgan fingerprint density at radius 3 is 1.42 bits per heavy atom. The van der Waals surface area contributed by atoms with Crippen molar-refractivity contribution in [2.75, 3.05) is 40.9 Å². The average Bonchev–Trinajstić information content (AvgIpc) is 3.13. The fourth-order valence-corrected chi connectivity index (χ4v) is 7.72. The summed E-state index contributed by atoms with van der Waals surface area (Å²) < 4.78 is 23.6. The number of phosphoric acid groups is 1. The van der Waals surface area contributed by atoms with Gasteiger partial charge in [-0.1, -0.05) is 193 Å². The molecule has 0 aliphatic carbocycles. The van der Waals surface area contributed by atoms with E-state index in [1.54, 1.807) is 0 Å². The highest BCUT2D eigenvalue weighted by Gasteiger charge is 2.28. The lowest BCUT2D eigenvalue weighted by Crippen LogP contribution is -2.46. The number of aliphatic hydroxyl groups excluding tert-OH is 1. The van der Waals surface area contributed by atoms with Crippen LogP contribution in [-0.4, -0.2) is 73.4 Å². The number of allylic oxidation sites excluding steroid dienone is 2. The summed E-state index contributed by atoms with van der Waals surface area (Å²) >= 11 is 0. The van der Waals surface area contributed by atoms with Crippen molar-refractivity contribution < 1.29 is 32.9 Å². The number of carbonyl (C=O) groups excluding carboxylic acids is 1. The van der Waals surface area contributed by atoms with Crippen molar-refractivity contribution in [1.29, 1.82) is 0 Å². The van der Waals surface area contributed by atoms with E-state index in [4.69, 9.17) is 9.05 Å². The number of nitrogens with one attached hydrogen (secondary N) is 1. The van der Waals surface area contributed by atoms with Crippen LogP contribution >= 0.6 is 7.82 Å². The van der Waals surface area contributed by atoms with Crippen molar-refractivity contribution in [3.8, 4) is 0 Å². The monoisotopic (exact) mass is 802 g/mol. The van der Waals surface area contributed by atoms with Crippen molar-refractivity contribution in [2.45, 2.75) is 238 Å². The first-order valence-corrected chi connectivity index (χ1v) is 25.0. The van der Waals surface area contributed by atoms with Crippen LogP contribution in [-0.2, 0) is 18.4 Å². The van der Waals surface area contributed by atoms with E-state index in [1.165, 1.54) is 148 Å². The van der Waals surface area contributed by atoms with Crippen molar-refractivity contribution in [3.05, 3.63) is 12.2 Å². The highest BCUT2D eigenvalue weighted by Crippen LogP contribution is 2.43. The molecule has 0 aliphatic rings. The van der Waals surface area contributed by atoms with Gasteiger partial charge in [-0.05, 0) is 38.5 Å². The number of quaternary nitrogens is 1. The van der Waals surface area contributed by atoms with Gasteiger partial charge in [0.1, 0.15) is 13.2 Å². The number of phosphoric ester groups is 1. The Morgan fingerprint density at radius 1 is 0.600 bits per heavy atom. The zero-order chi connectivity index (χ0) is 40.7. The number of likely N-dealkylation sites (N-methyl/N-ethyl adjacent to an activating group) is 1. The van der Waals surface area contributed by atoms with Gasteiger partial charge in [0, 0.05) is 6.42 Å². The predicted molar refractivity (Wildman–Crippen MR) is 235 cm³/mol. The molecule has 0 aromatic carbocycles. The molecule has 0 saturated carbocycles. The van der Waals surface area contributed by atoms with Gasteiger partial charge in [-0.3, -0.25) is 13.8 Å². The van der Waals surface area contributed by atoms with Crippen molar-refractivity contribution >= 4 is 13.7 Å². The van der Waals surface area contributed by atoms with E-state index in [0.717, 1.165) is 51.4 Å². The van der Waals surface area contributed by atoms with E-state index in [1.807, 2.05) is 21.1 Å². The van der Waals surface area contributed by atoms with Gasteiger partial charge in [0.15, 0.2) is 0 Å². The zero-order valence-corrected chi connectivity index (χ0v) is 38.1. The Bertz CT molecular complexity index is 911. The highest BCUT2D eigenvalue weighted by molar-refractivity contribution is 7.47. The third-order valence-electron chi connectivity index (χ3n) is 10.8. The lowest BCUT2D eigenvalue weighted by molar-refractivity contribution is -0.870. The topological polar surface area (TPSA) is 105 Å². The minimum atomic E-state index is -4.31. The van der Waals surface area contributed by atoms with Crippen LogP contribution in [0.4, 0.5) is 0 Å². The first-order chi connectivity index (χ1) is 26.5. The second-order valence-corrected chi connectivity index (χ2v) is 18.9. The molecule has 1 amide bonds. The fourth-order valence-electron chi connectivity index (χ4n) is 6.98. The molecule has 0 spiro atoms. The number of carbonyl (C=O) groups is 1. The van der Waals surface area contributed by atoms with Gasteiger partial charge in [-0.2, -0.15) is 0 Å². The summed E-state index contributed by atoms with van der Waals surface area (Å²) in [6.45, 7) is 4.88. The molecule has 0 heterocycles. The first kappa shape index (κ1) is 54.2. The van der Waals surface area contributed by atoms with Crippen LogP contribution in [0.15, 0.2) is 12.2 Å². The molecular formula is C46H94N2O6P+. The van der Waals surface area contributed by atoms with Crippen LogP contribution in [0.1, 0.15) is 226 Å². The van der Waals surface area contributed by atoms with E-state index < -0.39 is 20.0 Å². The second-order valence-electron chi connectivity index (χ2n) is 17.5. The van der Waals surface area contributed by atoms with Gasteiger partial charge >= 0.3 is 7.82 Å². The third-order valence-corrected chi connectivity index (χ3v) is 11.7. The lowest BCUT2D eigenvalue weighted by atomic mass is 10.0. The molecular weight excluding hydrogens is 707 g/mol. The molecule has 3 unspecified atom stereocenters. The molecule has 0 bridgehead atoms. The number of nitrogens with zero attached hydrogens (tertiary/aromatic N) is 1. The smallest absolute Gasteiger partial charge is 0.391 e. The Labute approximate surface area is 342 Å². The van der Waals surface area contributed by atoms with Gasteiger partial charge in [0.2, 0.25) is 5.91 Å². The summed E-state index contributed by atoms with van der Waals surface area (Å²) in [7, 11) is 1.62. The number of hydrogen-bond donors (Lipinski definition) is 3.